The van der Waals surface area contributed by atoms with E-state index < -0.39 is 18.2 Å². The maximum Gasteiger partial charge on any atom is 0.490 e. The molecule has 2 rings (SSSR count). The Labute approximate surface area is 178 Å². The van der Waals surface area contributed by atoms with Crippen LogP contribution in [0.15, 0.2) is 29.6 Å². The standard InChI is InChI=1S/C15H19N5O3S.C2HF3O2/c1-10(21)18-15-19-12(9-24-15)8-23-13-4-2-11(3-5-13)6-7-20(17)14(16)22;3-2(4,5)1(6)7/h2-5,9H,6-8,17H2,1H3,(H2,16,22)(H,18,19,21);(H,6,7). The smallest absolute Gasteiger partial charge is 0.487 e. The van der Waals surface area contributed by atoms with Gasteiger partial charge in [0.15, 0.2) is 5.13 Å². The zero-order chi connectivity index (χ0) is 23.6. The number of thiazole rings is 1. The number of rotatable bonds is 7. The minimum atomic E-state index is -5.08. The number of carbonyl (C=O) groups excluding carboxylic acids is 2. The average Bonchev–Trinajstić information content (AvgIpc) is 3.11. The second kappa shape index (κ2) is 11.7. The Bertz CT molecular complexity index is 889. The first-order valence-corrected chi connectivity index (χ1v) is 9.32. The Morgan fingerprint density at radius 1 is 1.26 bits per heavy atom. The third-order valence-corrected chi connectivity index (χ3v) is 4.12. The van der Waals surface area contributed by atoms with Crippen molar-refractivity contribution in [3.63, 3.8) is 0 Å². The number of urea groups is 1. The number of hydrogen-bond donors (Lipinski definition) is 4. The molecule has 10 nitrogen and oxygen atoms in total. The number of halogens is 3. The van der Waals surface area contributed by atoms with E-state index in [4.69, 9.17) is 26.2 Å². The van der Waals surface area contributed by atoms with E-state index in [1.54, 1.807) is 0 Å². The number of nitrogens with two attached hydrogens (primary N) is 2. The van der Waals surface area contributed by atoms with Crippen molar-refractivity contribution in [3.8, 4) is 5.75 Å². The molecule has 6 N–H and O–H groups in total. The number of nitrogens with one attached hydrogen (secondary N) is 1. The number of anilines is 1. The molecule has 0 fully saturated rings. The summed E-state index contributed by atoms with van der Waals surface area (Å²) < 4.78 is 37.4. The number of benzene rings is 1. The molecule has 14 heteroatoms. The van der Waals surface area contributed by atoms with Gasteiger partial charge < -0.3 is 20.9 Å². The van der Waals surface area contributed by atoms with Crippen molar-refractivity contribution in [2.45, 2.75) is 26.1 Å². The monoisotopic (exact) mass is 463 g/mol. The summed E-state index contributed by atoms with van der Waals surface area (Å²) in [5, 5.41) is 13.1. The van der Waals surface area contributed by atoms with Gasteiger partial charge in [0.05, 0.1) is 5.69 Å². The Kier molecular flexibility index (Phi) is 9.69. The molecule has 0 atom stereocenters. The molecule has 1 heterocycles. The molecule has 0 unspecified atom stereocenters. The summed E-state index contributed by atoms with van der Waals surface area (Å²) in [6.07, 6.45) is -4.48. The molecule has 1 aromatic carbocycles. The summed E-state index contributed by atoms with van der Waals surface area (Å²) in [4.78, 5) is 34.9. The highest BCUT2D eigenvalue weighted by Gasteiger charge is 2.38. The summed E-state index contributed by atoms with van der Waals surface area (Å²) in [6, 6.07) is 6.81. The predicted octanol–water partition coefficient (Wildman–Crippen LogP) is 2.11. The molecule has 0 spiro atoms. The molecule has 31 heavy (non-hydrogen) atoms. The van der Waals surface area contributed by atoms with E-state index in [1.165, 1.54) is 18.3 Å². The summed E-state index contributed by atoms with van der Waals surface area (Å²) in [6.45, 7) is 2.10. The number of alkyl halides is 3. The fraction of sp³-hybridized carbons (Fsp3) is 0.294. The van der Waals surface area contributed by atoms with E-state index in [0.717, 1.165) is 16.3 Å². The van der Waals surface area contributed by atoms with Crippen molar-refractivity contribution in [1.29, 1.82) is 0 Å². The highest BCUT2D eigenvalue weighted by Crippen LogP contribution is 2.18. The first-order valence-electron chi connectivity index (χ1n) is 8.44. The van der Waals surface area contributed by atoms with Gasteiger partial charge in [-0.05, 0) is 24.1 Å². The number of carboxylic acids is 1. The van der Waals surface area contributed by atoms with Crippen LogP contribution in [0.5, 0.6) is 5.75 Å². The number of amides is 3. The lowest BCUT2D eigenvalue weighted by atomic mass is 10.1. The first kappa shape index (κ1) is 25.6. The van der Waals surface area contributed by atoms with Gasteiger partial charge >= 0.3 is 18.2 Å². The zero-order valence-corrected chi connectivity index (χ0v) is 17.0. The van der Waals surface area contributed by atoms with Crippen LogP contribution in [0.2, 0.25) is 0 Å². The van der Waals surface area contributed by atoms with Crippen LogP contribution in [0.4, 0.5) is 23.1 Å². The third kappa shape index (κ3) is 10.3. The molecule has 170 valence electrons. The topological polar surface area (TPSA) is 161 Å². The van der Waals surface area contributed by atoms with Gasteiger partial charge in [0, 0.05) is 18.8 Å². The second-order valence-electron chi connectivity index (χ2n) is 5.84. The maximum atomic E-state index is 11.0. The fourth-order valence-electron chi connectivity index (χ4n) is 1.85. The fourth-order valence-corrected chi connectivity index (χ4v) is 2.59. The van der Waals surface area contributed by atoms with Gasteiger partial charge in [0.2, 0.25) is 5.91 Å². The first-order chi connectivity index (χ1) is 14.4. The van der Waals surface area contributed by atoms with Crippen LogP contribution in [0.1, 0.15) is 18.2 Å². The highest BCUT2D eigenvalue weighted by molar-refractivity contribution is 7.13. The number of ether oxygens (including phenoxy) is 1. The van der Waals surface area contributed by atoms with Gasteiger partial charge in [-0.15, -0.1) is 11.3 Å². The van der Waals surface area contributed by atoms with Gasteiger partial charge in [0.25, 0.3) is 0 Å². The Hall–Kier alpha value is -3.39. The van der Waals surface area contributed by atoms with Crippen LogP contribution >= 0.6 is 11.3 Å². The second-order valence-corrected chi connectivity index (χ2v) is 6.70. The third-order valence-electron chi connectivity index (χ3n) is 3.31. The van der Waals surface area contributed by atoms with Crippen molar-refractivity contribution < 1.29 is 37.4 Å². The maximum absolute atomic E-state index is 11.0. The van der Waals surface area contributed by atoms with Gasteiger partial charge in [-0.3, -0.25) is 9.80 Å². The molecule has 0 aliphatic rings. The summed E-state index contributed by atoms with van der Waals surface area (Å²) in [7, 11) is 0. The van der Waals surface area contributed by atoms with E-state index in [2.05, 4.69) is 10.3 Å². The highest BCUT2D eigenvalue weighted by atomic mass is 32.1. The summed E-state index contributed by atoms with van der Waals surface area (Å²) >= 11 is 1.35. The van der Waals surface area contributed by atoms with E-state index in [9.17, 15) is 22.8 Å². The molecule has 0 saturated heterocycles. The van der Waals surface area contributed by atoms with Crippen molar-refractivity contribution in [1.82, 2.24) is 9.99 Å². The van der Waals surface area contributed by atoms with Crippen molar-refractivity contribution in [3.05, 3.63) is 40.9 Å². The molecule has 3 amide bonds. The van der Waals surface area contributed by atoms with Crippen molar-refractivity contribution in [2.75, 3.05) is 11.9 Å². The molecular weight excluding hydrogens is 443 g/mol. The van der Waals surface area contributed by atoms with Gasteiger partial charge in [-0.1, -0.05) is 12.1 Å². The van der Waals surface area contributed by atoms with Crippen molar-refractivity contribution in [2.24, 2.45) is 11.6 Å². The predicted molar refractivity (Wildman–Crippen MR) is 105 cm³/mol. The van der Waals surface area contributed by atoms with Crippen LogP contribution in [0, 0.1) is 0 Å². The Morgan fingerprint density at radius 2 is 1.84 bits per heavy atom. The SMILES string of the molecule is CC(=O)Nc1nc(COc2ccc(CCN(N)C(N)=O)cc2)cs1.O=C(O)C(F)(F)F. The number of aromatic nitrogens is 1. The normalized spacial score (nSPS) is 10.5. The number of hydrogen-bond acceptors (Lipinski definition) is 7. The molecule has 0 bridgehead atoms. The number of carboxylic acid groups (broad SMARTS) is 1. The largest absolute Gasteiger partial charge is 0.490 e. The van der Waals surface area contributed by atoms with Crippen LogP contribution in [0.25, 0.3) is 0 Å². The quantitative estimate of drug-likeness (QED) is 0.278. The molecule has 2 aromatic rings. The molecule has 0 saturated carbocycles. The Morgan fingerprint density at radius 3 is 2.32 bits per heavy atom. The molecule has 0 aliphatic carbocycles. The lowest BCUT2D eigenvalue weighted by Gasteiger charge is -2.13. The summed E-state index contributed by atoms with van der Waals surface area (Å²) in [5.74, 6) is 3.23. The van der Waals surface area contributed by atoms with E-state index in [0.29, 0.717) is 30.5 Å². The molecular formula is C17H20F3N5O5S. The zero-order valence-electron chi connectivity index (χ0n) is 16.2. The molecule has 1 aromatic heterocycles. The average molecular weight is 463 g/mol. The molecule has 0 radical (unpaired) electrons. The van der Waals surface area contributed by atoms with Gasteiger partial charge in [-0.2, -0.15) is 13.2 Å². The van der Waals surface area contributed by atoms with Crippen LogP contribution in [-0.2, 0) is 22.6 Å². The number of carbonyl (C=O) groups is 3. The van der Waals surface area contributed by atoms with E-state index in [-0.39, 0.29) is 5.91 Å². The minimum absolute atomic E-state index is 0.153. The number of hydrazine groups is 1. The van der Waals surface area contributed by atoms with Crippen LogP contribution in [-0.4, -0.2) is 45.7 Å². The van der Waals surface area contributed by atoms with Gasteiger partial charge in [0.1, 0.15) is 12.4 Å². The summed E-state index contributed by atoms with van der Waals surface area (Å²) in [5.41, 5.74) is 6.82. The van der Waals surface area contributed by atoms with Crippen LogP contribution in [0.3, 0.4) is 0 Å². The minimum Gasteiger partial charge on any atom is -0.487 e. The van der Waals surface area contributed by atoms with Gasteiger partial charge in [-0.25, -0.2) is 20.4 Å². The number of nitrogens with zero attached hydrogens (tertiary/aromatic N) is 2. The Balaban J connectivity index is 0.000000592. The van der Waals surface area contributed by atoms with E-state index in [1.807, 2.05) is 29.6 Å². The number of primary amides is 1. The lowest BCUT2D eigenvalue weighted by Crippen LogP contribution is -2.42. The van der Waals surface area contributed by atoms with Crippen LogP contribution < -0.4 is 21.6 Å². The lowest BCUT2D eigenvalue weighted by molar-refractivity contribution is -0.192. The molecule has 0 aliphatic heterocycles. The number of aliphatic carboxylic acids is 1. The van der Waals surface area contributed by atoms with Crippen molar-refractivity contribution >= 4 is 34.4 Å². The van der Waals surface area contributed by atoms with E-state index >= 15 is 0 Å².